The molecule has 2 atom stereocenters. The minimum atomic E-state index is -1.02. The maximum absolute atomic E-state index is 12.5. The summed E-state index contributed by atoms with van der Waals surface area (Å²) in [6.07, 6.45) is 32.0. The predicted molar refractivity (Wildman–Crippen MR) is 174 cm³/mol. The fraction of sp³-hybridized carbons (Fsp3) is 0.743. The van der Waals surface area contributed by atoms with Crippen molar-refractivity contribution >= 4 is 17.8 Å². The summed E-state index contributed by atoms with van der Waals surface area (Å²) in [6.45, 7) is 4.74. The molecular weight excluding hydrogens is 528 g/mol. The number of carbonyl (C=O) groups is 3. The lowest BCUT2D eigenvalue weighted by molar-refractivity contribution is -0.150. The largest absolute Gasteiger partial charge is 0.480 e. The third-order valence-electron chi connectivity index (χ3n) is 7.22. The Morgan fingerprint density at radius 3 is 1.95 bits per heavy atom. The average molecular weight is 591 g/mol. The molecule has 0 heterocycles. The number of esters is 1. The molecule has 0 bridgehead atoms. The van der Waals surface area contributed by atoms with E-state index < -0.39 is 12.0 Å². The molecule has 0 aromatic rings. The summed E-state index contributed by atoms with van der Waals surface area (Å²) >= 11 is 0. The van der Waals surface area contributed by atoms with Crippen molar-refractivity contribution in [3.63, 3.8) is 0 Å². The van der Waals surface area contributed by atoms with E-state index in [9.17, 15) is 19.5 Å². The monoisotopic (exact) mass is 590 g/mol. The quantitative estimate of drug-likeness (QED) is 0.0458. The zero-order valence-corrected chi connectivity index (χ0v) is 26.8. The minimum absolute atomic E-state index is 0.0232. The number of nitrogens with one attached hydrogen (secondary N) is 1. The molecule has 0 saturated heterocycles. The topological polar surface area (TPSA) is 119 Å². The first-order valence-corrected chi connectivity index (χ1v) is 16.8. The van der Waals surface area contributed by atoms with E-state index in [2.05, 4.69) is 55.6 Å². The maximum Gasteiger partial charge on any atom is 0.326 e. The molecule has 0 aromatic carbocycles. The highest BCUT2D eigenvalue weighted by Crippen LogP contribution is 2.17. The molecule has 1 amide bonds. The van der Waals surface area contributed by atoms with E-state index >= 15 is 0 Å². The average Bonchev–Trinajstić information content (AvgIpc) is 2.97. The van der Waals surface area contributed by atoms with E-state index in [4.69, 9.17) is 10.5 Å². The summed E-state index contributed by atoms with van der Waals surface area (Å²) in [5, 5.41) is 11.8. The van der Waals surface area contributed by atoms with Gasteiger partial charge in [0, 0.05) is 12.8 Å². The Labute approximate surface area is 256 Å². The van der Waals surface area contributed by atoms with Gasteiger partial charge in [0.05, 0.1) is 0 Å². The molecule has 0 radical (unpaired) electrons. The van der Waals surface area contributed by atoms with E-state index in [1.54, 1.807) is 0 Å². The van der Waals surface area contributed by atoms with Crippen LogP contribution in [0.5, 0.6) is 0 Å². The molecule has 0 aromatic heterocycles. The van der Waals surface area contributed by atoms with Gasteiger partial charge in [-0.25, -0.2) is 4.79 Å². The van der Waals surface area contributed by atoms with Gasteiger partial charge in [0.1, 0.15) is 12.1 Å². The highest BCUT2D eigenvalue weighted by molar-refractivity contribution is 5.83. The standard InChI is InChI=1S/C35H62N2O5/c1-3-5-7-9-10-11-12-13-14-15-16-17-23-29-34(39)42-31(25-20-8-6-4-2)26-21-18-19-22-28-33(38)37-32(35(40)41)27-24-30-36/h5,7,10-11,13-14,31-32H,3-4,6,8-9,12,15-30,36H2,1-2H3,(H,37,38)(H,40,41)/b7-5-,11-10-,14-13-. The van der Waals surface area contributed by atoms with Gasteiger partial charge in [-0.05, 0) is 90.0 Å². The van der Waals surface area contributed by atoms with E-state index in [1.165, 1.54) is 19.3 Å². The Balaban J connectivity index is 4.18. The number of hydrogen-bond acceptors (Lipinski definition) is 5. The van der Waals surface area contributed by atoms with E-state index in [1.807, 2.05) is 0 Å². The van der Waals surface area contributed by atoms with Crippen LogP contribution in [-0.2, 0) is 19.1 Å². The summed E-state index contributed by atoms with van der Waals surface area (Å²) < 4.78 is 5.89. The fourth-order valence-corrected chi connectivity index (χ4v) is 4.70. The number of unbranched alkanes of at least 4 members (excludes halogenated alkanes) is 9. The Kier molecular flexibility index (Phi) is 28.3. The van der Waals surface area contributed by atoms with Crippen molar-refractivity contribution in [2.75, 3.05) is 6.54 Å². The maximum atomic E-state index is 12.5. The molecular formula is C35H62N2O5. The first kappa shape index (κ1) is 39.6. The summed E-state index contributed by atoms with van der Waals surface area (Å²) in [5.74, 6) is -1.31. The van der Waals surface area contributed by atoms with Crippen LogP contribution in [0.15, 0.2) is 36.5 Å². The summed E-state index contributed by atoms with van der Waals surface area (Å²) in [7, 11) is 0. The van der Waals surface area contributed by atoms with Crippen molar-refractivity contribution in [1.82, 2.24) is 5.32 Å². The van der Waals surface area contributed by atoms with Crippen molar-refractivity contribution < 1.29 is 24.2 Å². The molecule has 242 valence electrons. The third kappa shape index (κ3) is 26.5. The Bertz CT molecular complexity index is 762. The summed E-state index contributed by atoms with van der Waals surface area (Å²) in [6, 6.07) is -0.864. The number of allylic oxidation sites excluding steroid dienone is 6. The number of amides is 1. The number of carbonyl (C=O) groups excluding carboxylic acids is 2. The van der Waals surface area contributed by atoms with Crippen molar-refractivity contribution in [3.8, 4) is 0 Å². The first-order valence-electron chi connectivity index (χ1n) is 16.8. The molecule has 0 aliphatic rings. The van der Waals surface area contributed by atoms with Crippen LogP contribution >= 0.6 is 0 Å². The lowest BCUT2D eigenvalue weighted by atomic mass is 10.0. The van der Waals surface area contributed by atoms with Crippen LogP contribution in [0.2, 0.25) is 0 Å². The molecule has 0 aliphatic heterocycles. The number of hydrogen-bond donors (Lipinski definition) is 3. The van der Waals surface area contributed by atoms with Crippen molar-refractivity contribution in [2.45, 2.75) is 161 Å². The molecule has 0 spiro atoms. The van der Waals surface area contributed by atoms with Gasteiger partial charge in [-0.1, -0.05) is 88.8 Å². The van der Waals surface area contributed by atoms with Gasteiger partial charge >= 0.3 is 11.9 Å². The number of carboxylic acids is 1. The lowest BCUT2D eigenvalue weighted by Crippen LogP contribution is -2.40. The van der Waals surface area contributed by atoms with Crippen molar-refractivity contribution in [1.29, 1.82) is 0 Å². The van der Waals surface area contributed by atoms with Crippen LogP contribution in [0.25, 0.3) is 0 Å². The van der Waals surface area contributed by atoms with Gasteiger partial charge in [-0.15, -0.1) is 0 Å². The molecule has 2 unspecified atom stereocenters. The minimum Gasteiger partial charge on any atom is -0.480 e. The number of nitrogens with two attached hydrogens (primary N) is 1. The molecule has 4 N–H and O–H groups in total. The zero-order valence-electron chi connectivity index (χ0n) is 26.8. The van der Waals surface area contributed by atoms with Crippen LogP contribution in [0, 0.1) is 0 Å². The smallest absolute Gasteiger partial charge is 0.326 e. The van der Waals surface area contributed by atoms with Crippen LogP contribution in [-0.4, -0.2) is 41.6 Å². The molecule has 0 rings (SSSR count). The van der Waals surface area contributed by atoms with Crippen molar-refractivity contribution in [3.05, 3.63) is 36.5 Å². The third-order valence-corrected chi connectivity index (χ3v) is 7.22. The second-order valence-corrected chi connectivity index (χ2v) is 11.2. The second kappa shape index (κ2) is 30.1. The summed E-state index contributed by atoms with van der Waals surface area (Å²) in [5.41, 5.74) is 5.45. The number of aliphatic carboxylic acids is 1. The number of ether oxygens (including phenoxy) is 1. The van der Waals surface area contributed by atoms with Crippen LogP contribution < -0.4 is 11.1 Å². The van der Waals surface area contributed by atoms with E-state index in [0.717, 1.165) is 89.9 Å². The lowest BCUT2D eigenvalue weighted by Gasteiger charge is -2.18. The Morgan fingerprint density at radius 2 is 1.31 bits per heavy atom. The van der Waals surface area contributed by atoms with Gasteiger partial charge in [0.15, 0.2) is 0 Å². The van der Waals surface area contributed by atoms with Gasteiger partial charge in [-0.2, -0.15) is 0 Å². The highest BCUT2D eigenvalue weighted by Gasteiger charge is 2.19. The normalized spacial score (nSPS) is 13.2. The zero-order chi connectivity index (χ0) is 31.1. The fourth-order valence-electron chi connectivity index (χ4n) is 4.70. The van der Waals surface area contributed by atoms with Gasteiger partial charge in [0.25, 0.3) is 0 Å². The molecule has 0 aliphatic carbocycles. The molecule has 7 nitrogen and oxygen atoms in total. The van der Waals surface area contributed by atoms with Crippen LogP contribution in [0.3, 0.4) is 0 Å². The van der Waals surface area contributed by atoms with E-state index in [-0.39, 0.29) is 18.0 Å². The Morgan fingerprint density at radius 1 is 0.714 bits per heavy atom. The van der Waals surface area contributed by atoms with Crippen LogP contribution in [0.4, 0.5) is 0 Å². The van der Waals surface area contributed by atoms with Gasteiger partial charge in [-0.3, -0.25) is 9.59 Å². The number of rotatable bonds is 29. The SMILES string of the molecule is CC/C=C\C/C=C\C/C=C\CCCCCC(=O)OC(CCCCCC)CCCCCCC(=O)NC(CCCN)C(=O)O. The van der Waals surface area contributed by atoms with Crippen LogP contribution in [0.1, 0.15) is 149 Å². The summed E-state index contributed by atoms with van der Waals surface area (Å²) in [4.78, 5) is 35.9. The van der Waals surface area contributed by atoms with Gasteiger partial charge < -0.3 is 20.9 Å². The molecule has 42 heavy (non-hydrogen) atoms. The van der Waals surface area contributed by atoms with Crippen molar-refractivity contribution in [2.24, 2.45) is 5.73 Å². The Hall–Kier alpha value is -2.41. The van der Waals surface area contributed by atoms with E-state index in [0.29, 0.717) is 32.2 Å². The molecule has 0 fully saturated rings. The number of carboxylic acid groups (broad SMARTS) is 1. The second-order valence-electron chi connectivity index (χ2n) is 11.2. The predicted octanol–water partition coefficient (Wildman–Crippen LogP) is 8.33. The molecule has 0 saturated carbocycles. The van der Waals surface area contributed by atoms with Gasteiger partial charge in [0.2, 0.25) is 5.91 Å². The first-order chi connectivity index (χ1) is 20.4. The highest BCUT2D eigenvalue weighted by atomic mass is 16.5. The molecule has 7 heteroatoms.